The monoisotopic (exact) mass is 846 g/mol. The van der Waals surface area contributed by atoms with E-state index in [0.717, 1.165) is 18.5 Å². The van der Waals surface area contributed by atoms with Crippen molar-refractivity contribution in [2.45, 2.75) is 63.7 Å². The first-order valence-electron chi connectivity index (χ1n) is 23.9. The molecule has 0 saturated heterocycles. The van der Waals surface area contributed by atoms with Crippen LogP contribution in [-0.4, -0.2) is 4.57 Å². The van der Waals surface area contributed by atoms with Crippen LogP contribution >= 0.6 is 0 Å². The first-order chi connectivity index (χ1) is 32.2. The zero-order valence-corrected chi connectivity index (χ0v) is 38.0. The normalized spacial score (nSPS) is 16.4. The minimum absolute atomic E-state index is 0.0845. The van der Waals surface area contributed by atoms with Crippen molar-refractivity contribution in [2.24, 2.45) is 0 Å². The summed E-state index contributed by atoms with van der Waals surface area (Å²) in [6, 6.07) is 71.4. The quantitative estimate of drug-likeness (QED) is 0.168. The highest BCUT2D eigenvalue weighted by Gasteiger charge is 2.39. The van der Waals surface area contributed by atoms with Crippen LogP contribution in [0.25, 0.3) is 71.9 Å². The summed E-state index contributed by atoms with van der Waals surface area (Å²) < 4.78 is 2.57. The molecule has 9 aromatic carbocycles. The number of aryl methyl sites for hydroxylation is 1. The maximum atomic E-state index is 2.57. The molecular weight excluding hydrogens is 797 g/mol. The van der Waals surface area contributed by atoms with E-state index >= 15 is 0 Å². The summed E-state index contributed by atoms with van der Waals surface area (Å²) >= 11 is 0. The number of nitrogens with zero attached hydrogens (tertiary/aromatic N) is 2. The molecule has 0 N–H and O–H groups in total. The van der Waals surface area contributed by atoms with E-state index in [-0.39, 0.29) is 10.8 Å². The number of hydrogen-bond donors (Lipinski definition) is 0. The molecule has 1 atom stereocenters. The predicted molar refractivity (Wildman–Crippen MR) is 276 cm³/mol. The standard InChI is InChI=1S/C64H50N2/c1-63(2)54-21-12-11-20-48(54)50-31-27-46(37-56(50)63)65(44-16-7-5-8-17-44)47-28-32-51-49-29-25-42(35-55(49)64(3,4)57(51)38-47)41-26-33-58-53(34-41)62-52-30-24-40-15-13-14-39-22-23-43(61(52)60(39)40)36-59(62)66(58)45-18-9-6-10-19-45/h5-21,24-35,37-38,43H,22-23,36H2,1-4H3. The fourth-order valence-electron chi connectivity index (χ4n) is 13.0. The van der Waals surface area contributed by atoms with Crippen LogP contribution in [0.5, 0.6) is 0 Å². The molecular formula is C64H50N2. The van der Waals surface area contributed by atoms with Gasteiger partial charge in [-0.25, -0.2) is 0 Å². The third-order valence-corrected chi connectivity index (χ3v) is 16.2. The molecule has 0 aliphatic heterocycles. The highest BCUT2D eigenvalue weighted by atomic mass is 15.1. The van der Waals surface area contributed by atoms with Gasteiger partial charge >= 0.3 is 0 Å². The van der Waals surface area contributed by atoms with Gasteiger partial charge in [0.1, 0.15) is 0 Å². The van der Waals surface area contributed by atoms with Gasteiger partial charge in [-0.3, -0.25) is 0 Å². The van der Waals surface area contributed by atoms with Gasteiger partial charge in [-0.2, -0.15) is 0 Å². The number of para-hydroxylation sites is 2. The zero-order chi connectivity index (χ0) is 44.1. The summed E-state index contributed by atoms with van der Waals surface area (Å²) in [5.41, 5.74) is 26.5. The molecule has 316 valence electrons. The smallest absolute Gasteiger partial charge is 0.0538 e. The van der Waals surface area contributed by atoms with Crippen molar-refractivity contribution < 1.29 is 0 Å². The Balaban J connectivity index is 0.885. The Morgan fingerprint density at radius 2 is 1.09 bits per heavy atom. The van der Waals surface area contributed by atoms with Gasteiger partial charge in [-0.1, -0.05) is 149 Å². The van der Waals surface area contributed by atoms with Crippen LogP contribution in [0.3, 0.4) is 0 Å². The molecule has 2 heteroatoms. The molecule has 0 fully saturated rings. The minimum Gasteiger partial charge on any atom is -0.313 e. The Morgan fingerprint density at radius 1 is 0.485 bits per heavy atom. The van der Waals surface area contributed by atoms with E-state index in [2.05, 4.69) is 225 Å². The van der Waals surface area contributed by atoms with Gasteiger partial charge < -0.3 is 9.47 Å². The van der Waals surface area contributed by atoms with Gasteiger partial charge in [0.15, 0.2) is 0 Å². The van der Waals surface area contributed by atoms with Crippen LogP contribution < -0.4 is 4.90 Å². The molecule has 1 aromatic heterocycles. The summed E-state index contributed by atoms with van der Waals surface area (Å²) in [6.45, 7) is 9.58. The average molecular weight is 847 g/mol. The minimum atomic E-state index is -0.207. The van der Waals surface area contributed by atoms with E-state index in [0.29, 0.717) is 5.92 Å². The maximum absolute atomic E-state index is 2.57. The van der Waals surface area contributed by atoms with Crippen molar-refractivity contribution in [1.82, 2.24) is 4.57 Å². The molecule has 10 aromatic rings. The topological polar surface area (TPSA) is 8.17 Å². The van der Waals surface area contributed by atoms with E-state index in [1.54, 1.807) is 5.56 Å². The van der Waals surface area contributed by atoms with Gasteiger partial charge in [0.05, 0.1) is 5.52 Å². The first kappa shape index (κ1) is 37.9. The number of benzene rings is 9. The third kappa shape index (κ3) is 5.19. The van der Waals surface area contributed by atoms with E-state index in [9.17, 15) is 0 Å². The molecule has 2 nitrogen and oxygen atoms in total. The van der Waals surface area contributed by atoms with Gasteiger partial charge in [-0.05, 0) is 175 Å². The molecule has 0 amide bonds. The van der Waals surface area contributed by atoms with Gasteiger partial charge in [0.25, 0.3) is 0 Å². The molecule has 66 heavy (non-hydrogen) atoms. The molecule has 0 saturated carbocycles. The molecule has 4 aliphatic rings. The Labute approximate surface area is 387 Å². The molecule has 1 heterocycles. The van der Waals surface area contributed by atoms with Crippen LogP contribution in [-0.2, 0) is 23.7 Å². The molecule has 0 spiro atoms. The van der Waals surface area contributed by atoms with Crippen molar-refractivity contribution in [1.29, 1.82) is 0 Å². The molecule has 0 bridgehead atoms. The van der Waals surface area contributed by atoms with Crippen molar-refractivity contribution in [3.05, 3.63) is 227 Å². The lowest BCUT2D eigenvalue weighted by Crippen LogP contribution is -2.18. The molecule has 14 rings (SSSR count). The van der Waals surface area contributed by atoms with E-state index in [1.807, 2.05) is 0 Å². The number of hydrogen-bond acceptors (Lipinski definition) is 1. The van der Waals surface area contributed by atoms with E-state index in [1.165, 1.54) is 123 Å². The zero-order valence-electron chi connectivity index (χ0n) is 38.0. The van der Waals surface area contributed by atoms with Crippen molar-refractivity contribution in [3.8, 4) is 50.2 Å². The van der Waals surface area contributed by atoms with Crippen LogP contribution in [0.4, 0.5) is 17.1 Å². The second kappa shape index (κ2) is 13.6. The summed E-state index contributed by atoms with van der Waals surface area (Å²) in [5.74, 6) is 0.525. The Kier molecular flexibility index (Phi) is 7.79. The first-order valence-corrected chi connectivity index (χ1v) is 23.9. The second-order valence-electron chi connectivity index (χ2n) is 20.4. The highest BCUT2D eigenvalue weighted by molar-refractivity contribution is 6.07. The van der Waals surface area contributed by atoms with Crippen molar-refractivity contribution in [3.63, 3.8) is 0 Å². The number of anilines is 3. The lowest BCUT2D eigenvalue weighted by Gasteiger charge is -2.33. The lowest BCUT2D eigenvalue weighted by molar-refractivity contribution is 0.596. The van der Waals surface area contributed by atoms with Crippen molar-refractivity contribution >= 4 is 38.7 Å². The van der Waals surface area contributed by atoms with Gasteiger partial charge in [0.2, 0.25) is 0 Å². The van der Waals surface area contributed by atoms with Crippen LogP contribution in [0.2, 0.25) is 0 Å². The molecule has 4 aliphatic carbocycles. The molecule has 0 radical (unpaired) electrons. The Morgan fingerprint density at radius 3 is 1.85 bits per heavy atom. The number of fused-ring (bicyclic) bond motifs is 10. The number of aromatic nitrogens is 1. The SMILES string of the molecule is CC1(C)c2ccccc2-c2ccc(N(c3ccccc3)c3ccc4c(c3)C(C)(C)c3cc(-c5ccc6c(c5)c5c(n6-c6ccccc6)CC6CCc7cccc8ccc-5c6c78)ccc3-4)cc21. The van der Waals surface area contributed by atoms with Gasteiger partial charge in [0, 0.05) is 50.2 Å². The fourth-order valence-corrected chi connectivity index (χ4v) is 13.0. The van der Waals surface area contributed by atoms with Crippen LogP contribution in [0.1, 0.15) is 79.1 Å². The average Bonchev–Trinajstić information content (AvgIpc) is 3.89. The Bertz CT molecular complexity index is 3680. The summed E-state index contributed by atoms with van der Waals surface area (Å²) in [6.07, 6.45) is 3.41. The Hall–Kier alpha value is -7.42. The fraction of sp³-hybridized carbons (Fsp3) is 0.156. The van der Waals surface area contributed by atoms with Crippen LogP contribution in [0.15, 0.2) is 188 Å². The number of rotatable bonds is 5. The van der Waals surface area contributed by atoms with Gasteiger partial charge in [-0.15, -0.1) is 0 Å². The summed E-state index contributed by atoms with van der Waals surface area (Å²) in [7, 11) is 0. The third-order valence-electron chi connectivity index (χ3n) is 16.2. The summed E-state index contributed by atoms with van der Waals surface area (Å²) in [4.78, 5) is 2.45. The highest BCUT2D eigenvalue weighted by Crippen LogP contribution is 2.55. The largest absolute Gasteiger partial charge is 0.313 e. The second-order valence-corrected chi connectivity index (χ2v) is 20.4. The van der Waals surface area contributed by atoms with E-state index in [4.69, 9.17) is 0 Å². The van der Waals surface area contributed by atoms with E-state index < -0.39 is 0 Å². The maximum Gasteiger partial charge on any atom is 0.0538 e. The predicted octanol–water partition coefficient (Wildman–Crippen LogP) is 16.8. The molecule has 1 unspecified atom stereocenters. The van der Waals surface area contributed by atoms with Crippen molar-refractivity contribution in [2.75, 3.05) is 4.90 Å². The summed E-state index contributed by atoms with van der Waals surface area (Å²) in [5, 5.41) is 4.23. The lowest BCUT2D eigenvalue weighted by atomic mass is 9.72. The van der Waals surface area contributed by atoms with Crippen LogP contribution in [0, 0.1) is 0 Å².